The van der Waals surface area contributed by atoms with Gasteiger partial charge >= 0.3 is 5.97 Å². The van der Waals surface area contributed by atoms with E-state index in [1.807, 2.05) is 0 Å². The Bertz CT molecular complexity index is 389. The van der Waals surface area contributed by atoms with Gasteiger partial charge in [-0.05, 0) is 51.2 Å². The lowest BCUT2D eigenvalue weighted by Crippen LogP contribution is -2.46. The van der Waals surface area contributed by atoms with Crippen LogP contribution in [0.15, 0.2) is 0 Å². The largest absolute Gasteiger partial charge is 0.481 e. The summed E-state index contributed by atoms with van der Waals surface area (Å²) in [6, 6.07) is 0. The molecule has 120 valence electrons. The third kappa shape index (κ3) is 4.19. The maximum absolute atomic E-state index is 12.4. The number of piperidine rings is 1. The quantitative estimate of drug-likeness (QED) is 0.829. The van der Waals surface area contributed by atoms with Crippen molar-refractivity contribution in [2.45, 2.75) is 45.4 Å². The van der Waals surface area contributed by atoms with Crippen molar-refractivity contribution in [2.24, 2.45) is 17.3 Å². The van der Waals surface area contributed by atoms with Gasteiger partial charge in [0.15, 0.2) is 0 Å². The Morgan fingerprint density at radius 1 is 1.19 bits per heavy atom. The molecule has 0 bridgehead atoms. The normalized spacial score (nSPS) is 29.8. The van der Waals surface area contributed by atoms with Gasteiger partial charge in [0.1, 0.15) is 0 Å². The molecule has 0 aromatic rings. The highest BCUT2D eigenvalue weighted by atomic mass is 16.4. The van der Waals surface area contributed by atoms with Crippen LogP contribution in [-0.2, 0) is 9.59 Å². The van der Waals surface area contributed by atoms with Crippen molar-refractivity contribution in [3.05, 3.63) is 0 Å². The number of carbonyl (C=O) groups excluding carboxylic acids is 1. The number of nitrogens with zero attached hydrogens (tertiary/aromatic N) is 1. The van der Waals surface area contributed by atoms with E-state index < -0.39 is 11.9 Å². The standard InChI is InChI=1S/C16H28N2O3/c1-16(7-9-18(2)10-8-16)11-17-14(19)12-5-3-4-6-13(12)15(20)21/h12-13H,3-11H2,1-2H3,(H,17,19)(H,20,21)/t12-,13+/m1/s1. The van der Waals surface area contributed by atoms with E-state index in [0.717, 1.165) is 38.8 Å². The molecule has 2 rings (SSSR count). The molecule has 1 aliphatic heterocycles. The average Bonchev–Trinajstić information content (AvgIpc) is 2.48. The number of aliphatic carboxylic acids is 1. The van der Waals surface area contributed by atoms with E-state index in [4.69, 9.17) is 0 Å². The van der Waals surface area contributed by atoms with Gasteiger partial charge in [0.05, 0.1) is 11.8 Å². The van der Waals surface area contributed by atoms with Crippen LogP contribution in [-0.4, -0.2) is 48.6 Å². The Morgan fingerprint density at radius 2 is 1.76 bits per heavy atom. The minimum atomic E-state index is -0.819. The molecule has 0 unspecified atom stereocenters. The maximum atomic E-state index is 12.4. The Morgan fingerprint density at radius 3 is 2.33 bits per heavy atom. The second-order valence-electron chi connectivity index (χ2n) is 7.17. The molecule has 1 saturated heterocycles. The van der Waals surface area contributed by atoms with Gasteiger partial charge in [-0.1, -0.05) is 19.8 Å². The number of amides is 1. The average molecular weight is 296 g/mol. The molecule has 1 amide bonds. The second-order valence-corrected chi connectivity index (χ2v) is 7.17. The first-order chi connectivity index (χ1) is 9.91. The van der Waals surface area contributed by atoms with Crippen LogP contribution in [0, 0.1) is 17.3 Å². The summed E-state index contributed by atoms with van der Waals surface area (Å²) in [5.41, 5.74) is 0.148. The molecule has 1 saturated carbocycles. The summed E-state index contributed by atoms with van der Waals surface area (Å²) in [7, 11) is 2.12. The molecule has 5 nitrogen and oxygen atoms in total. The molecule has 5 heteroatoms. The third-order valence-corrected chi connectivity index (χ3v) is 5.30. The number of rotatable bonds is 4. The fourth-order valence-corrected chi connectivity index (χ4v) is 3.51. The molecule has 1 aliphatic carbocycles. The Kier molecular flexibility index (Phi) is 5.25. The van der Waals surface area contributed by atoms with Gasteiger partial charge in [-0.25, -0.2) is 0 Å². The van der Waals surface area contributed by atoms with E-state index in [2.05, 4.69) is 24.2 Å². The van der Waals surface area contributed by atoms with Crippen LogP contribution in [0.5, 0.6) is 0 Å². The van der Waals surface area contributed by atoms with Crippen molar-refractivity contribution in [2.75, 3.05) is 26.7 Å². The van der Waals surface area contributed by atoms with Crippen molar-refractivity contribution < 1.29 is 14.7 Å². The SMILES string of the molecule is CN1CCC(C)(CNC(=O)[C@@H]2CCCC[C@@H]2C(=O)O)CC1. The predicted octanol–water partition coefficient (Wildman–Crippen LogP) is 1.73. The zero-order valence-corrected chi connectivity index (χ0v) is 13.2. The van der Waals surface area contributed by atoms with Crippen LogP contribution >= 0.6 is 0 Å². The minimum absolute atomic E-state index is 0.0535. The lowest BCUT2D eigenvalue weighted by molar-refractivity contribution is -0.149. The molecule has 0 aromatic carbocycles. The molecule has 0 spiro atoms. The summed E-state index contributed by atoms with van der Waals surface area (Å²) in [6.07, 6.45) is 5.39. The Labute approximate surface area is 127 Å². The monoisotopic (exact) mass is 296 g/mol. The van der Waals surface area contributed by atoms with Crippen molar-refractivity contribution >= 4 is 11.9 Å². The van der Waals surface area contributed by atoms with E-state index in [9.17, 15) is 14.7 Å². The van der Waals surface area contributed by atoms with Gasteiger partial charge in [0.2, 0.25) is 5.91 Å². The third-order valence-electron chi connectivity index (χ3n) is 5.30. The maximum Gasteiger partial charge on any atom is 0.307 e. The lowest BCUT2D eigenvalue weighted by atomic mass is 9.77. The highest BCUT2D eigenvalue weighted by Gasteiger charge is 2.37. The fourth-order valence-electron chi connectivity index (χ4n) is 3.51. The van der Waals surface area contributed by atoms with Crippen LogP contribution in [0.4, 0.5) is 0 Å². The first-order valence-electron chi connectivity index (χ1n) is 8.10. The van der Waals surface area contributed by atoms with E-state index in [1.54, 1.807) is 0 Å². The Hall–Kier alpha value is -1.10. The van der Waals surface area contributed by atoms with Gasteiger partial charge in [-0.3, -0.25) is 9.59 Å². The van der Waals surface area contributed by atoms with Crippen LogP contribution in [0.2, 0.25) is 0 Å². The van der Waals surface area contributed by atoms with E-state index >= 15 is 0 Å². The van der Waals surface area contributed by atoms with Gasteiger partial charge in [0.25, 0.3) is 0 Å². The van der Waals surface area contributed by atoms with E-state index in [0.29, 0.717) is 19.4 Å². The summed E-state index contributed by atoms with van der Waals surface area (Å²) in [4.78, 5) is 26.0. The number of carboxylic acid groups (broad SMARTS) is 1. The van der Waals surface area contributed by atoms with Crippen molar-refractivity contribution in [1.82, 2.24) is 10.2 Å². The first kappa shape index (κ1) is 16.3. The number of hydrogen-bond donors (Lipinski definition) is 2. The zero-order chi connectivity index (χ0) is 15.5. The smallest absolute Gasteiger partial charge is 0.307 e. The minimum Gasteiger partial charge on any atom is -0.481 e. The van der Waals surface area contributed by atoms with Gasteiger partial charge in [-0.15, -0.1) is 0 Å². The highest BCUT2D eigenvalue weighted by Crippen LogP contribution is 2.32. The lowest BCUT2D eigenvalue weighted by Gasteiger charge is -2.38. The van der Waals surface area contributed by atoms with Crippen LogP contribution in [0.25, 0.3) is 0 Å². The molecule has 2 N–H and O–H groups in total. The molecule has 2 aliphatic rings. The molecule has 2 atom stereocenters. The van der Waals surface area contributed by atoms with Gasteiger partial charge < -0.3 is 15.3 Å². The molecule has 0 aromatic heterocycles. The summed E-state index contributed by atoms with van der Waals surface area (Å²) < 4.78 is 0. The van der Waals surface area contributed by atoms with Crippen molar-refractivity contribution in [3.63, 3.8) is 0 Å². The topological polar surface area (TPSA) is 69.6 Å². The molecule has 21 heavy (non-hydrogen) atoms. The number of hydrogen-bond acceptors (Lipinski definition) is 3. The van der Waals surface area contributed by atoms with Gasteiger partial charge in [-0.2, -0.15) is 0 Å². The molecule has 0 radical (unpaired) electrons. The van der Waals surface area contributed by atoms with Crippen LogP contribution in [0.1, 0.15) is 45.4 Å². The predicted molar refractivity (Wildman–Crippen MR) is 80.9 cm³/mol. The van der Waals surface area contributed by atoms with E-state index in [1.165, 1.54) is 0 Å². The van der Waals surface area contributed by atoms with Crippen molar-refractivity contribution in [3.8, 4) is 0 Å². The molecule has 2 fully saturated rings. The van der Waals surface area contributed by atoms with Crippen LogP contribution < -0.4 is 5.32 Å². The zero-order valence-electron chi connectivity index (χ0n) is 13.2. The number of likely N-dealkylation sites (tertiary alicyclic amines) is 1. The fraction of sp³-hybridized carbons (Fsp3) is 0.875. The Balaban J connectivity index is 1.87. The summed E-state index contributed by atoms with van der Waals surface area (Å²) in [5, 5.41) is 12.3. The molecule has 1 heterocycles. The number of nitrogens with one attached hydrogen (secondary N) is 1. The van der Waals surface area contributed by atoms with Gasteiger partial charge in [0, 0.05) is 6.54 Å². The second kappa shape index (κ2) is 6.77. The number of carboxylic acids is 1. The van der Waals surface area contributed by atoms with E-state index in [-0.39, 0.29) is 17.2 Å². The van der Waals surface area contributed by atoms with Crippen molar-refractivity contribution in [1.29, 1.82) is 0 Å². The first-order valence-corrected chi connectivity index (χ1v) is 8.10. The van der Waals surface area contributed by atoms with Crippen LogP contribution in [0.3, 0.4) is 0 Å². The number of carbonyl (C=O) groups is 2. The summed E-state index contributed by atoms with van der Waals surface area (Å²) in [5.74, 6) is -1.71. The summed E-state index contributed by atoms with van der Waals surface area (Å²) >= 11 is 0. The summed E-state index contributed by atoms with van der Waals surface area (Å²) in [6.45, 7) is 5.01. The highest BCUT2D eigenvalue weighted by molar-refractivity contribution is 5.84. The molecular weight excluding hydrogens is 268 g/mol. The molecular formula is C16H28N2O3.